The summed E-state index contributed by atoms with van der Waals surface area (Å²) in [5.41, 5.74) is 6.21. The van der Waals surface area contributed by atoms with E-state index < -0.39 is 5.54 Å². The van der Waals surface area contributed by atoms with Crippen molar-refractivity contribution in [3.8, 4) is 0 Å². The van der Waals surface area contributed by atoms with E-state index in [1.54, 1.807) is 6.92 Å². The summed E-state index contributed by atoms with van der Waals surface area (Å²) < 4.78 is 0.987. The molecule has 1 fully saturated rings. The Balaban J connectivity index is 2.15. The minimum atomic E-state index is -0.969. The first-order valence-electron chi connectivity index (χ1n) is 6.94. The van der Waals surface area contributed by atoms with Crippen LogP contribution in [0.25, 0.3) is 0 Å². The molecule has 4 nitrogen and oxygen atoms in total. The van der Waals surface area contributed by atoms with Gasteiger partial charge in [0.2, 0.25) is 5.91 Å². The van der Waals surface area contributed by atoms with Crippen LogP contribution in [-0.2, 0) is 10.3 Å². The van der Waals surface area contributed by atoms with E-state index in [4.69, 9.17) is 5.73 Å². The van der Waals surface area contributed by atoms with Crippen LogP contribution in [0.2, 0.25) is 0 Å². The molecule has 1 aromatic carbocycles. The third-order valence-electron chi connectivity index (χ3n) is 3.89. The highest BCUT2D eigenvalue weighted by molar-refractivity contribution is 9.10. The molecule has 0 radical (unpaired) electrons. The van der Waals surface area contributed by atoms with Crippen molar-refractivity contribution in [2.75, 3.05) is 33.2 Å². The van der Waals surface area contributed by atoms with E-state index in [1.165, 1.54) is 0 Å². The largest absolute Gasteiger partial charge is 0.339 e. The molecule has 1 aliphatic heterocycles. The van der Waals surface area contributed by atoms with Crippen molar-refractivity contribution in [1.29, 1.82) is 0 Å². The SMILES string of the molecule is CN1CCCN(C(=O)C(C)(N)c2ccc(Br)cc2)CC1. The predicted molar refractivity (Wildman–Crippen MR) is 84.4 cm³/mol. The molecule has 2 rings (SSSR count). The van der Waals surface area contributed by atoms with Gasteiger partial charge in [-0.2, -0.15) is 0 Å². The molecule has 1 aromatic rings. The molecule has 1 aliphatic rings. The molecule has 0 bridgehead atoms. The van der Waals surface area contributed by atoms with Crippen LogP contribution < -0.4 is 5.73 Å². The summed E-state index contributed by atoms with van der Waals surface area (Å²) >= 11 is 3.40. The zero-order valence-corrected chi connectivity index (χ0v) is 13.7. The molecule has 1 saturated heterocycles. The lowest BCUT2D eigenvalue weighted by atomic mass is 9.91. The standard InChI is InChI=1S/C15H22BrN3O/c1-15(17,12-4-6-13(16)7-5-12)14(20)19-9-3-8-18(2)10-11-19/h4-7H,3,8-11,17H2,1-2H3. The van der Waals surface area contributed by atoms with E-state index in [9.17, 15) is 4.79 Å². The molecule has 1 unspecified atom stereocenters. The molecular weight excluding hydrogens is 318 g/mol. The van der Waals surface area contributed by atoms with Crippen molar-refractivity contribution in [2.45, 2.75) is 18.9 Å². The predicted octanol–water partition coefficient (Wildman–Crippen LogP) is 1.79. The van der Waals surface area contributed by atoms with Crippen molar-refractivity contribution >= 4 is 21.8 Å². The van der Waals surface area contributed by atoms with Crippen LogP contribution in [-0.4, -0.2) is 48.9 Å². The van der Waals surface area contributed by atoms with Gasteiger partial charge in [-0.25, -0.2) is 0 Å². The second-order valence-corrected chi connectivity index (χ2v) is 6.57. The van der Waals surface area contributed by atoms with Gasteiger partial charge in [0.05, 0.1) is 0 Å². The van der Waals surface area contributed by atoms with Gasteiger partial charge in [0.15, 0.2) is 0 Å². The van der Waals surface area contributed by atoms with Gasteiger partial charge >= 0.3 is 0 Å². The molecule has 1 heterocycles. The van der Waals surface area contributed by atoms with E-state index in [0.29, 0.717) is 0 Å². The fourth-order valence-electron chi connectivity index (χ4n) is 2.50. The lowest BCUT2D eigenvalue weighted by molar-refractivity contribution is -0.136. The molecule has 5 heteroatoms. The Morgan fingerprint density at radius 2 is 1.85 bits per heavy atom. The molecule has 0 aromatic heterocycles. The van der Waals surface area contributed by atoms with Crippen LogP contribution in [0.3, 0.4) is 0 Å². The molecule has 20 heavy (non-hydrogen) atoms. The Labute approximate surface area is 129 Å². The second kappa shape index (κ2) is 6.24. The first-order chi connectivity index (χ1) is 9.41. The number of benzene rings is 1. The average molecular weight is 340 g/mol. The summed E-state index contributed by atoms with van der Waals surface area (Å²) in [4.78, 5) is 16.9. The maximum Gasteiger partial charge on any atom is 0.247 e. The molecule has 1 amide bonds. The summed E-state index contributed by atoms with van der Waals surface area (Å²) in [6, 6.07) is 7.66. The summed E-state index contributed by atoms with van der Waals surface area (Å²) in [6.45, 7) is 5.27. The number of nitrogens with zero attached hydrogens (tertiary/aromatic N) is 2. The monoisotopic (exact) mass is 339 g/mol. The number of halogens is 1. The van der Waals surface area contributed by atoms with Crippen molar-refractivity contribution < 1.29 is 4.79 Å². The third-order valence-corrected chi connectivity index (χ3v) is 4.42. The van der Waals surface area contributed by atoms with E-state index >= 15 is 0 Å². The number of likely N-dealkylation sites (N-methyl/N-ethyl adjacent to an activating group) is 1. The number of nitrogens with two attached hydrogens (primary N) is 1. The summed E-state index contributed by atoms with van der Waals surface area (Å²) in [6.07, 6.45) is 0.999. The Morgan fingerprint density at radius 3 is 2.50 bits per heavy atom. The molecule has 0 spiro atoms. The number of amides is 1. The van der Waals surface area contributed by atoms with Crippen LogP contribution >= 0.6 is 15.9 Å². The molecule has 2 N–H and O–H groups in total. The van der Waals surface area contributed by atoms with Gasteiger partial charge in [0, 0.05) is 24.1 Å². The van der Waals surface area contributed by atoms with Crippen LogP contribution in [0.4, 0.5) is 0 Å². The minimum absolute atomic E-state index is 0.00937. The van der Waals surface area contributed by atoms with Gasteiger partial charge in [-0.15, -0.1) is 0 Å². The van der Waals surface area contributed by atoms with E-state index in [-0.39, 0.29) is 5.91 Å². The van der Waals surface area contributed by atoms with Crippen molar-refractivity contribution in [1.82, 2.24) is 9.80 Å². The van der Waals surface area contributed by atoms with Crippen LogP contribution in [0.1, 0.15) is 18.9 Å². The quantitative estimate of drug-likeness (QED) is 0.893. The van der Waals surface area contributed by atoms with Crippen molar-refractivity contribution in [3.05, 3.63) is 34.3 Å². The van der Waals surface area contributed by atoms with Crippen molar-refractivity contribution in [2.24, 2.45) is 5.73 Å². The zero-order chi connectivity index (χ0) is 14.8. The highest BCUT2D eigenvalue weighted by atomic mass is 79.9. The molecule has 110 valence electrons. The zero-order valence-electron chi connectivity index (χ0n) is 12.1. The topological polar surface area (TPSA) is 49.6 Å². The fraction of sp³-hybridized carbons (Fsp3) is 0.533. The summed E-state index contributed by atoms with van der Waals surface area (Å²) in [5, 5.41) is 0. The molecule has 0 saturated carbocycles. The van der Waals surface area contributed by atoms with Crippen LogP contribution in [0.5, 0.6) is 0 Å². The molecular formula is C15H22BrN3O. The first kappa shape index (κ1) is 15.5. The Kier molecular flexibility index (Phi) is 4.83. The van der Waals surface area contributed by atoms with Gasteiger partial charge in [0.25, 0.3) is 0 Å². The van der Waals surface area contributed by atoms with Crippen molar-refractivity contribution in [3.63, 3.8) is 0 Å². The Morgan fingerprint density at radius 1 is 1.20 bits per heavy atom. The van der Waals surface area contributed by atoms with Gasteiger partial charge < -0.3 is 15.5 Å². The Hall–Kier alpha value is -0.910. The fourth-order valence-corrected chi connectivity index (χ4v) is 2.76. The van der Waals surface area contributed by atoms with Crippen LogP contribution in [0.15, 0.2) is 28.7 Å². The van der Waals surface area contributed by atoms with E-state index in [2.05, 4.69) is 27.9 Å². The highest BCUT2D eigenvalue weighted by Crippen LogP contribution is 2.23. The third kappa shape index (κ3) is 3.40. The molecule has 0 aliphatic carbocycles. The number of carbonyl (C=O) groups excluding carboxylic acids is 1. The number of hydrogen-bond donors (Lipinski definition) is 1. The molecule has 1 atom stereocenters. The van der Waals surface area contributed by atoms with Gasteiger partial charge in [-0.05, 0) is 44.6 Å². The maximum absolute atomic E-state index is 12.7. The normalized spacial score (nSPS) is 20.3. The van der Waals surface area contributed by atoms with E-state index in [1.807, 2.05) is 29.2 Å². The Bertz CT molecular complexity index is 473. The summed E-state index contributed by atoms with van der Waals surface area (Å²) in [7, 11) is 2.09. The maximum atomic E-state index is 12.7. The lowest BCUT2D eigenvalue weighted by Gasteiger charge is -2.31. The lowest BCUT2D eigenvalue weighted by Crippen LogP contribution is -2.51. The first-order valence-corrected chi connectivity index (χ1v) is 7.73. The number of rotatable bonds is 2. The van der Waals surface area contributed by atoms with Gasteiger partial charge in [0.1, 0.15) is 5.54 Å². The average Bonchev–Trinajstić information content (AvgIpc) is 2.63. The minimum Gasteiger partial charge on any atom is -0.339 e. The van der Waals surface area contributed by atoms with Crippen LogP contribution in [0, 0.1) is 0 Å². The highest BCUT2D eigenvalue weighted by Gasteiger charge is 2.34. The number of carbonyl (C=O) groups is 1. The van der Waals surface area contributed by atoms with Gasteiger partial charge in [-0.1, -0.05) is 28.1 Å². The second-order valence-electron chi connectivity index (χ2n) is 5.66. The summed E-state index contributed by atoms with van der Waals surface area (Å²) in [5.74, 6) is 0.00937. The smallest absolute Gasteiger partial charge is 0.247 e. The van der Waals surface area contributed by atoms with Gasteiger partial charge in [-0.3, -0.25) is 4.79 Å². The number of hydrogen-bond acceptors (Lipinski definition) is 3. The van der Waals surface area contributed by atoms with E-state index in [0.717, 1.165) is 42.6 Å².